The first-order chi connectivity index (χ1) is 12.2. The maximum Gasteiger partial charge on any atom is 0.494 e. The second-order valence-corrected chi connectivity index (χ2v) is 6.82. The maximum absolute atomic E-state index is 6.01. The largest absolute Gasteiger partial charge is 0.494 e. The van der Waals surface area contributed by atoms with Crippen LogP contribution in [0.3, 0.4) is 0 Å². The molecule has 0 aromatic heterocycles. The van der Waals surface area contributed by atoms with E-state index in [4.69, 9.17) is 9.31 Å². The van der Waals surface area contributed by atoms with Gasteiger partial charge in [0.05, 0.1) is 0 Å². The molecule has 0 heterocycles. The summed E-state index contributed by atoms with van der Waals surface area (Å²) < 4.78 is 11.7. The van der Waals surface area contributed by atoms with E-state index < -0.39 is 0 Å². The molecule has 2 aromatic rings. The summed E-state index contributed by atoms with van der Waals surface area (Å²) in [5.74, 6) is 0.462. The number of rotatable bonds is 7. The third-order valence-corrected chi connectivity index (χ3v) is 4.51. The molecule has 128 valence electrons. The highest BCUT2D eigenvalue weighted by atomic mass is 16.6. The molecule has 1 aliphatic rings. The van der Waals surface area contributed by atoms with Gasteiger partial charge in [-0.25, -0.2) is 0 Å². The van der Waals surface area contributed by atoms with E-state index in [0.717, 1.165) is 11.9 Å². The third kappa shape index (κ3) is 3.63. The predicted molar refractivity (Wildman–Crippen MR) is 107 cm³/mol. The van der Waals surface area contributed by atoms with E-state index in [1.165, 1.54) is 27.8 Å². The molecule has 2 aromatic carbocycles. The molecule has 2 nitrogen and oxygen atoms in total. The molecule has 0 saturated heterocycles. The molecular weight excluding hydrogens is 307 g/mol. The normalized spacial score (nSPS) is 12.5. The first kappa shape index (κ1) is 17.7. The fourth-order valence-corrected chi connectivity index (χ4v) is 3.38. The van der Waals surface area contributed by atoms with Crippen LogP contribution in [0.4, 0.5) is 0 Å². The number of hydrogen-bond acceptors (Lipinski definition) is 2. The minimum absolute atomic E-state index is 0.360. The minimum Gasteiger partial charge on any atom is -0.410 e. The van der Waals surface area contributed by atoms with Crippen molar-refractivity contribution in [2.24, 2.45) is 5.92 Å². The Bertz CT molecular complexity index is 793. The summed E-state index contributed by atoms with van der Waals surface area (Å²) in [5.41, 5.74) is 7.61. The molecule has 0 bridgehead atoms. The van der Waals surface area contributed by atoms with Crippen LogP contribution >= 0.6 is 0 Å². The lowest BCUT2D eigenvalue weighted by molar-refractivity contribution is 0.213. The van der Waals surface area contributed by atoms with Crippen molar-refractivity contribution in [2.75, 3.05) is 13.7 Å². The van der Waals surface area contributed by atoms with Gasteiger partial charge in [-0.2, -0.15) is 0 Å². The van der Waals surface area contributed by atoms with Crippen molar-refractivity contribution in [2.45, 2.75) is 20.3 Å². The third-order valence-electron chi connectivity index (χ3n) is 4.51. The average molecular weight is 332 g/mol. The zero-order valence-electron chi connectivity index (χ0n) is 15.3. The average Bonchev–Trinajstić information content (AvgIpc) is 2.99. The van der Waals surface area contributed by atoms with Gasteiger partial charge in [0.1, 0.15) is 0 Å². The Morgan fingerprint density at radius 2 is 1.96 bits per heavy atom. The van der Waals surface area contributed by atoms with Crippen LogP contribution in [0.15, 0.2) is 55.1 Å². The van der Waals surface area contributed by atoms with Gasteiger partial charge in [-0.15, -0.1) is 0 Å². The minimum atomic E-state index is -0.360. The highest BCUT2D eigenvalue weighted by Crippen LogP contribution is 2.38. The number of allylic oxidation sites excluding steroid dienone is 2. The van der Waals surface area contributed by atoms with Crippen molar-refractivity contribution in [3.63, 3.8) is 0 Å². The number of hydrogen-bond donors (Lipinski definition) is 0. The molecule has 0 atom stereocenters. The fraction of sp³-hybridized carbons (Fsp3) is 0.273. The first-order valence-corrected chi connectivity index (χ1v) is 8.83. The summed E-state index contributed by atoms with van der Waals surface area (Å²) in [6, 6.07) is 13.0. The smallest absolute Gasteiger partial charge is 0.410 e. The van der Waals surface area contributed by atoms with Crippen LogP contribution in [0, 0.1) is 5.92 Å². The van der Waals surface area contributed by atoms with E-state index in [-0.39, 0.29) is 7.12 Å². The van der Waals surface area contributed by atoms with Crippen LogP contribution < -0.4 is 5.46 Å². The van der Waals surface area contributed by atoms with Crippen molar-refractivity contribution in [3.05, 3.63) is 71.8 Å². The van der Waals surface area contributed by atoms with Crippen LogP contribution in [-0.4, -0.2) is 20.8 Å². The number of fused-ring (bicyclic) bond motifs is 3. The van der Waals surface area contributed by atoms with Gasteiger partial charge in [0.2, 0.25) is 0 Å². The summed E-state index contributed by atoms with van der Waals surface area (Å²) >= 11 is 0. The van der Waals surface area contributed by atoms with Crippen LogP contribution in [-0.2, 0) is 15.7 Å². The van der Waals surface area contributed by atoms with Gasteiger partial charge in [-0.3, -0.25) is 0 Å². The lowest BCUT2D eigenvalue weighted by atomic mass is 9.73. The molecule has 0 radical (unpaired) electrons. The Morgan fingerprint density at radius 1 is 1.16 bits per heavy atom. The zero-order chi connectivity index (χ0) is 17.8. The van der Waals surface area contributed by atoms with E-state index in [1.807, 2.05) is 12.2 Å². The van der Waals surface area contributed by atoms with Crippen LogP contribution in [0.5, 0.6) is 0 Å². The van der Waals surface area contributed by atoms with Gasteiger partial charge in [0.25, 0.3) is 0 Å². The zero-order valence-corrected chi connectivity index (χ0v) is 15.3. The Labute approximate surface area is 151 Å². The van der Waals surface area contributed by atoms with E-state index in [0.29, 0.717) is 12.5 Å². The molecule has 0 unspecified atom stereocenters. The standard InChI is InChI=1S/C22H25BO2/c1-5-6-10-20-21-14-17-9-7-8-11-18(17)19(21)12-13-22(20)23(24-4)25-15-16(2)3/h5-13,16H,1,14-15H2,2-4H3/b10-6-. The Morgan fingerprint density at radius 3 is 2.68 bits per heavy atom. The highest BCUT2D eigenvalue weighted by molar-refractivity contribution is 6.62. The van der Waals surface area contributed by atoms with Crippen LogP contribution in [0.25, 0.3) is 17.2 Å². The van der Waals surface area contributed by atoms with Crippen molar-refractivity contribution >= 4 is 18.7 Å². The monoisotopic (exact) mass is 332 g/mol. The van der Waals surface area contributed by atoms with Gasteiger partial charge in [-0.05, 0) is 45.6 Å². The second-order valence-electron chi connectivity index (χ2n) is 6.82. The molecule has 0 aliphatic heterocycles. The highest BCUT2D eigenvalue weighted by Gasteiger charge is 2.28. The summed E-state index contributed by atoms with van der Waals surface area (Å²) in [6.45, 7) is 8.77. The molecule has 0 N–H and O–H groups in total. The summed E-state index contributed by atoms with van der Waals surface area (Å²) in [6.07, 6.45) is 6.86. The summed E-state index contributed by atoms with van der Waals surface area (Å²) in [7, 11) is 1.34. The molecule has 25 heavy (non-hydrogen) atoms. The van der Waals surface area contributed by atoms with Crippen LogP contribution in [0.1, 0.15) is 30.5 Å². The summed E-state index contributed by atoms with van der Waals surface area (Å²) in [5, 5.41) is 0. The Kier molecular flexibility index (Phi) is 5.57. The topological polar surface area (TPSA) is 18.5 Å². The molecule has 0 spiro atoms. The predicted octanol–water partition coefficient (Wildman–Crippen LogP) is 4.47. The molecule has 0 amide bonds. The van der Waals surface area contributed by atoms with E-state index in [2.05, 4.69) is 62.9 Å². The summed E-state index contributed by atoms with van der Waals surface area (Å²) in [4.78, 5) is 0. The Hall–Kier alpha value is -2.10. The van der Waals surface area contributed by atoms with Gasteiger partial charge in [0.15, 0.2) is 0 Å². The van der Waals surface area contributed by atoms with Crippen molar-refractivity contribution in [3.8, 4) is 11.1 Å². The van der Waals surface area contributed by atoms with Gasteiger partial charge in [-0.1, -0.05) is 75.1 Å². The lowest BCUT2D eigenvalue weighted by Gasteiger charge is -2.18. The fourth-order valence-electron chi connectivity index (χ4n) is 3.38. The molecular formula is C22H25BO2. The van der Waals surface area contributed by atoms with Crippen molar-refractivity contribution in [1.82, 2.24) is 0 Å². The van der Waals surface area contributed by atoms with Gasteiger partial charge in [0, 0.05) is 13.7 Å². The maximum atomic E-state index is 6.01. The van der Waals surface area contributed by atoms with Gasteiger partial charge >= 0.3 is 7.12 Å². The van der Waals surface area contributed by atoms with E-state index in [1.54, 1.807) is 7.11 Å². The molecule has 3 rings (SSSR count). The van der Waals surface area contributed by atoms with Crippen molar-refractivity contribution < 1.29 is 9.31 Å². The SMILES string of the molecule is C=C/C=C\c1c(B(OC)OCC(C)C)ccc2c1Cc1ccccc1-2. The molecule has 0 fully saturated rings. The van der Waals surface area contributed by atoms with E-state index >= 15 is 0 Å². The number of benzene rings is 2. The molecule has 3 heteroatoms. The van der Waals surface area contributed by atoms with Gasteiger partial charge < -0.3 is 9.31 Å². The quantitative estimate of drug-likeness (QED) is 0.469. The van der Waals surface area contributed by atoms with Crippen LogP contribution in [0.2, 0.25) is 0 Å². The lowest BCUT2D eigenvalue weighted by Crippen LogP contribution is -2.39. The molecule has 1 aliphatic carbocycles. The van der Waals surface area contributed by atoms with Crippen molar-refractivity contribution in [1.29, 1.82) is 0 Å². The molecule has 0 saturated carbocycles. The Balaban J connectivity index is 2.06. The second kappa shape index (κ2) is 7.86. The first-order valence-electron chi connectivity index (χ1n) is 8.83. The van der Waals surface area contributed by atoms with E-state index in [9.17, 15) is 0 Å².